The van der Waals surface area contributed by atoms with Crippen molar-refractivity contribution >= 4 is 17.8 Å². The summed E-state index contributed by atoms with van der Waals surface area (Å²) < 4.78 is 14.8. The average Bonchev–Trinajstić information content (AvgIpc) is 2.83. The van der Waals surface area contributed by atoms with Crippen molar-refractivity contribution in [1.29, 1.82) is 0 Å². The second-order valence-electron chi connectivity index (χ2n) is 5.65. The van der Waals surface area contributed by atoms with Gasteiger partial charge in [-0.2, -0.15) is 0 Å². The van der Waals surface area contributed by atoms with Gasteiger partial charge in [-0.1, -0.05) is 12.1 Å². The lowest BCUT2D eigenvalue weighted by molar-refractivity contribution is -0.173. The molecule has 0 spiro atoms. The zero-order valence-corrected chi connectivity index (χ0v) is 14.4. The van der Waals surface area contributed by atoms with Gasteiger partial charge in [-0.3, -0.25) is 9.63 Å². The summed E-state index contributed by atoms with van der Waals surface area (Å²) in [4.78, 5) is 40.4. The molecule has 0 aliphatic carbocycles. The molecule has 1 aromatic carbocycles. The molecule has 0 aromatic heterocycles. The number of cyclic esters (lactones) is 1. The maximum absolute atomic E-state index is 12.3. The van der Waals surface area contributed by atoms with E-state index in [0.29, 0.717) is 5.56 Å². The van der Waals surface area contributed by atoms with Gasteiger partial charge in [-0.05, 0) is 17.7 Å². The normalized spacial score (nSPS) is 17.0. The Kier molecular flexibility index (Phi) is 5.43. The first kappa shape index (κ1) is 18.5. The molecule has 0 radical (unpaired) electrons. The molecule has 8 heteroatoms. The fourth-order valence-electron chi connectivity index (χ4n) is 2.14. The molecule has 1 heterocycles. The van der Waals surface area contributed by atoms with E-state index in [9.17, 15) is 14.4 Å². The number of nitrogens with zero attached hydrogens (tertiary/aromatic N) is 1. The highest BCUT2D eigenvalue weighted by molar-refractivity contribution is 5.97. The second-order valence-corrected chi connectivity index (χ2v) is 5.65. The Bertz CT molecular complexity index is 706. The van der Waals surface area contributed by atoms with Crippen molar-refractivity contribution in [2.75, 3.05) is 14.2 Å². The number of ether oxygens (including phenoxy) is 3. The lowest BCUT2D eigenvalue weighted by Crippen LogP contribution is -2.28. The van der Waals surface area contributed by atoms with Gasteiger partial charge in [0, 0.05) is 13.8 Å². The van der Waals surface area contributed by atoms with Gasteiger partial charge in [0.1, 0.15) is 0 Å². The van der Waals surface area contributed by atoms with E-state index >= 15 is 0 Å². The highest BCUT2D eigenvalue weighted by Gasteiger charge is 2.38. The zero-order valence-electron chi connectivity index (χ0n) is 14.4. The molecule has 0 atom stereocenters. The van der Waals surface area contributed by atoms with Gasteiger partial charge in [-0.15, -0.1) is 0 Å². The summed E-state index contributed by atoms with van der Waals surface area (Å²) in [6.45, 7) is 3.24. The molecule has 0 bridgehead atoms. The maximum Gasteiger partial charge on any atom is 0.377 e. The van der Waals surface area contributed by atoms with Gasteiger partial charge in [0.2, 0.25) is 11.5 Å². The predicted molar refractivity (Wildman–Crippen MR) is 84.7 cm³/mol. The van der Waals surface area contributed by atoms with E-state index in [1.165, 1.54) is 14.2 Å². The Labute approximate surface area is 144 Å². The smallest absolute Gasteiger partial charge is 0.377 e. The van der Waals surface area contributed by atoms with E-state index in [1.807, 2.05) is 0 Å². The largest absolute Gasteiger partial charge is 0.465 e. The topological polar surface area (TPSA) is 91.4 Å². The van der Waals surface area contributed by atoms with Crippen LogP contribution in [0.15, 0.2) is 36.1 Å². The summed E-state index contributed by atoms with van der Waals surface area (Å²) in [5.74, 6) is -3.03. The molecule has 0 saturated carbocycles. The van der Waals surface area contributed by atoms with E-state index in [4.69, 9.17) is 14.3 Å². The number of hydroxylamine groups is 2. The molecule has 0 N–H and O–H groups in total. The van der Waals surface area contributed by atoms with E-state index in [-0.39, 0.29) is 12.3 Å². The lowest BCUT2D eigenvalue weighted by atomic mass is 10.1. The Morgan fingerprint density at radius 3 is 2.28 bits per heavy atom. The first-order valence-corrected chi connectivity index (χ1v) is 7.42. The number of rotatable bonds is 5. The molecular formula is C17H19NO7. The van der Waals surface area contributed by atoms with Crippen molar-refractivity contribution in [3.05, 3.63) is 47.2 Å². The third-order valence-electron chi connectivity index (χ3n) is 3.32. The Hall–Kier alpha value is -2.87. The minimum atomic E-state index is -1.11. The third kappa shape index (κ3) is 4.57. The van der Waals surface area contributed by atoms with E-state index in [1.54, 1.807) is 38.1 Å². The highest BCUT2D eigenvalue weighted by Crippen LogP contribution is 2.26. The second kappa shape index (κ2) is 7.35. The van der Waals surface area contributed by atoms with Crippen LogP contribution in [0.3, 0.4) is 0 Å². The average molecular weight is 349 g/mol. The number of carbonyl (C=O) groups is 3. The van der Waals surface area contributed by atoms with E-state index in [2.05, 4.69) is 4.74 Å². The van der Waals surface area contributed by atoms with Gasteiger partial charge in [0.15, 0.2) is 0 Å². The Morgan fingerprint density at radius 1 is 1.16 bits per heavy atom. The van der Waals surface area contributed by atoms with Crippen LogP contribution in [-0.2, 0) is 35.2 Å². The van der Waals surface area contributed by atoms with Gasteiger partial charge in [-0.25, -0.2) is 14.7 Å². The predicted octanol–water partition coefficient (Wildman–Crippen LogP) is 1.56. The number of hydrogen-bond acceptors (Lipinski definition) is 7. The summed E-state index contributed by atoms with van der Waals surface area (Å²) >= 11 is 0. The molecule has 1 saturated heterocycles. The molecular weight excluding hydrogens is 330 g/mol. The summed E-state index contributed by atoms with van der Waals surface area (Å²) in [7, 11) is 2.63. The molecule has 134 valence electrons. The molecule has 1 amide bonds. The summed E-state index contributed by atoms with van der Waals surface area (Å²) in [5.41, 5.74) is 1.12. The van der Waals surface area contributed by atoms with Crippen LogP contribution in [0.1, 0.15) is 29.8 Å². The van der Waals surface area contributed by atoms with Crippen molar-refractivity contribution in [2.45, 2.75) is 26.2 Å². The van der Waals surface area contributed by atoms with Crippen molar-refractivity contribution in [3.63, 3.8) is 0 Å². The molecule has 1 fully saturated rings. The number of amides is 1. The number of carbonyl (C=O) groups excluding carboxylic acids is 3. The van der Waals surface area contributed by atoms with Crippen molar-refractivity contribution in [1.82, 2.24) is 5.06 Å². The highest BCUT2D eigenvalue weighted by atomic mass is 16.8. The molecule has 0 unspecified atom stereocenters. The van der Waals surface area contributed by atoms with Crippen LogP contribution >= 0.6 is 0 Å². The van der Waals surface area contributed by atoms with Crippen molar-refractivity contribution in [3.8, 4) is 0 Å². The molecule has 1 aliphatic rings. The van der Waals surface area contributed by atoms with Crippen LogP contribution in [0.4, 0.5) is 0 Å². The molecule has 1 aliphatic heterocycles. The fourth-order valence-corrected chi connectivity index (χ4v) is 2.14. The number of hydrogen-bond donors (Lipinski definition) is 0. The minimum absolute atomic E-state index is 0.110. The number of benzene rings is 1. The monoisotopic (exact) mass is 349 g/mol. The standard InChI is InChI=1S/C17H19NO7/c1-17(2)24-13(16(21)25-17)9-14(19)18(23-4)10-11-5-7-12(8-6-11)15(20)22-3/h5-9H,10H2,1-4H3/b13-9-. The third-order valence-corrected chi connectivity index (χ3v) is 3.32. The Morgan fingerprint density at radius 2 is 1.80 bits per heavy atom. The SMILES string of the molecule is COC(=O)c1ccc(CN(OC)C(=O)/C=C2\OC(C)(C)OC2=O)cc1. The van der Waals surface area contributed by atoms with Crippen molar-refractivity contribution in [2.24, 2.45) is 0 Å². The van der Waals surface area contributed by atoms with Crippen LogP contribution in [0, 0.1) is 0 Å². The quantitative estimate of drug-likeness (QED) is 0.452. The van der Waals surface area contributed by atoms with Gasteiger partial charge < -0.3 is 14.2 Å². The van der Waals surface area contributed by atoms with Crippen molar-refractivity contribution < 1.29 is 33.4 Å². The summed E-state index contributed by atoms with van der Waals surface area (Å²) in [6, 6.07) is 6.50. The van der Waals surface area contributed by atoms with Crippen LogP contribution in [0.25, 0.3) is 0 Å². The van der Waals surface area contributed by atoms with Crippen LogP contribution in [-0.4, -0.2) is 42.9 Å². The molecule has 1 aromatic rings. The van der Waals surface area contributed by atoms with Crippen LogP contribution in [0.2, 0.25) is 0 Å². The summed E-state index contributed by atoms with van der Waals surface area (Å²) in [5, 5.41) is 1.04. The van der Waals surface area contributed by atoms with E-state index in [0.717, 1.165) is 16.7 Å². The lowest BCUT2D eigenvalue weighted by Gasteiger charge is -2.18. The number of methoxy groups -OCH3 is 1. The Balaban J connectivity index is 2.08. The van der Waals surface area contributed by atoms with Gasteiger partial charge >= 0.3 is 11.9 Å². The fraction of sp³-hybridized carbons (Fsp3) is 0.353. The van der Waals surface area contributed by atoms with Crippen LogP contribution in [0.5, 0.6) is 0 Å². The molecule has 2 rings (SSSR count). The summed E-state index contributed by atoms with van der Waals surface area (Å²) in [6.07, 6.45) is 1.02. The minimum Gasteiger partial charge on any atom is -0.465 e. The van der Waals surface area contributed by atoms with E-state index < -0.39 is 23.6 Å². The van der Waals surface area contributed by atoms with Gasteiger partial charge in [0.25, 0.3) is 5.91 Å². The maximum atomic E-state index is 12.3. The molecule has 8 nitrogen and oxygen atoms in total. The first-order chi connectivity index (χ1) is 11.8. The zero-order chi connectivity index (χ0) is 18.6. The number of esters is 2. The van der Waals surface area contributed by atoms with Crippen LogP contribution < -0.4 is 0 Å². The first-order valence-electron chi connectivity index (χ1n) is 7.42. The molecule has 25 heavy (non-hydrogen) atoms. The van der Waals surface area contributed by atoms with Gasteiger partial charge in [0.05, 0.1) is 32.4 Å².